The number of hydrogen-bond donors (Lipinski definition) is 1. The van der Waals surface area contributed by atoms with Crippen molar-refractivity contribution in [1.82, 2.24) is 5.32 Å². The smallest absolute Gasteiger partial charge is 0.323 e. The Morgan fingerprint density at radius 2 is 1.83 bits per heavy atom. The Kier molecular flexibility index (Phi) is 5.64. The van der Waals surface area contributed by atoms with Gasteiger partial charge in [0, 0.05) is 0 Å². The summed E-state index contributed by atoms with van der Waals surface area (Å²) in [6.07, 6.45) is 4.72. The molecule has 1 unspecified atom stereocenters. The zero-order valence-electron chi connectivity index (χ0n) is 12.6. The number of carbonyl (C=O) groups excluding carboxylic acids is 1. The number of rotatable bonds is 4. The zero-order valence-corrected chi connectivity index (χ0v) is 12.6. The van der Waals surface area contributed by atoms with Gasteiger partial charge in [-0.1, -0.05) is 20.8 Å². The molecule has 0 amide bonds. The van der Waals surface area contributed by atoms with Crippen LogP contribution in [0.2, 0.25) is 0 Å². The lowest BCUT2D eigenvalue weighted by molar-refractivity contribution is -0.147. The molecule has 0 radical (unpaired) electrons. The second-order valence-corrected chi connectivity index (χ2v) is 6.50. The lowest BCUT2D eigenvalue weighted by Crippen LogP contribution is -2.44. The van der Waals surface area contributed by atoms with Gasteiger partial charge >= 0.3 is 5.97 Å². The summed E-state index contributed by atoms with van der Waals surface area (Å²) < 4.78 is 5.14. The Labute approximate surface area is 112 Å². The van der Waals surface area contributed by atoms with Crippen LogP contribution in [0, 0.1) is 17.3 Å². The fourth-order valence-electron chi connectivity index (χ4n) is 3.10. The van der Waals surface area contributed by atoms with Crippen molar-refractivity contribution in [3.8, 4) is 0 Å². The minimum absolute atomic E-state index is 0.0841. The Hall–Kier alpha value is -0.570. The van der Waals surface area contributed by atoms with E-state index in [1.165, 1.54) is 12.8 Å². The molecule has 0 heterocycles. The molecule has 3 heteroatoms. The van der Waals surface area contributed by atoms with Crippen molar-refractivity contribution >= 4 is 5.97 Å². The van der Waals surface area contributed by atoms with Gasteiger partial charge in [0.2, 0.25) is 0 Å². The number of nitrogens with one attached hydrogen (secondary N) is 1. The highest BCUT2D eigenvalue weighted by Crippen LogP contribution is 2.40. The van der Waals surface area contributed by atoms with E-state index in [0.29, 0.717) is 17.9 Å². The zero-order chi connectivity index (χ0) is 13.8. The summed E-state index contributed by atoms with van der Waals surface area (Å²) in [5.74, 6) is 1.14. The van der Waals surface area contributed by atoms with Crippen LogP contribution in [0.15, 0.2) is 0 Å². The molecular formula is C15H29NO2. The van der Waals surface area contributed by atoms with E-state index >= 15 is 0 Å². The first-order valence-electron chi connectivity index (χ1n) is 7.24. The van der Waals surface area contributed by atoms with Crippen LogP contribution in [0.5, 0.6) is 0 Å². The van der Waals surface area contributed by atoms with Crippen LogP contribution in [0.1, 0.15) is 53.4 Å². The fraction of sp³-hybridized carbons (Fsp3) is 0.933. The molecule has 0 aromatic rings. The average Bonchev–Trinajstić information content (AvgIpc) is 2.30. The van der Waals surface area contributed by atoms with Crippen LogP contribution in [0.25, 0.3) is 0 Å². The first-order chi connectivity index (χ1) is 8.40. The largest absolute Gasteiger partial charge is 0.465 e. The first-order valence-corrected chi connectivity index (χ1v) is 7.24. The second-order valence-electron chi connectivity index (χ2n) is 6.50. The SMILES string of the molecule is CCOC(=O)C(NC)C1CCC(C(C)(C)C)CC1. The summed E-state index contributed by atoms with van der Waals surface area (Å²) in [4.78, 5) is 11.9. The van der Waals surface area contributed by atoms with E-state index in [9.17, 15) is 4.79 Å². The Bertz CT molecular complexity index is 262. The minimum Gasteiger partial charge on any atom is -0.465 e. The summed E-state index contributed by atoms with van der Waals surface area (Å²) in [5, 5.41) is 3.14. The molecule has 0 saturated heterocycles. The summed E-state index contributed by atoms with van der Waals surface area (Å²) in [6.45, 7) is 9.28. The average molecular weight is 255 g/mol. The van der Waals surface area contributed by atoms with Crippen molar-refractivity contribution in [2.24, 2.45) is 17.3 Å². The number of esters is 1. The maximum atomic E-state index is 11.9. The third kappa shape index (κ3) is 3.98. The number of likely N-dealkylation sites (N-methyl/N-ethyl adjacent to an activating group) is 1. The predicted molar refractivity (Wildman–Crippen MR) is 74.4 cm³/mol. The molecule has 0 spiro atoms. The quantitative estimate of drug-likeness (QED) is 0.785. The molecule has 0 aromatic heterocycles. The van der Waals surface area contributed by atoms with Crippen LogP contribution in [0.4, 0.5) is 0 Å². The van der Waals surface area contributed by atoms with Gasteiger partial charge in [0.05, 0.1) is 6.61 Å². The summed E-state index contributed by atoms with van der Waals surface area (Å²) in [7, 11) is 1.86. The van der Waals surface area contributed by atoms with Crippen LogP contribution in [-0.4, -0.2) is 25.7 Å². The molecule has 1 rings (SSSR count). The molecule has 0 aromatic carbocycles. The molecule has 0 bridgehead atoms. The first kappa shape index (κ1) is 15.5. The van der Waals surface area contributed by atoms with Gasteiger partial charge in [-0.25, -0.2) is 0 Å². The summed E-state index contributed by atoms with van der Waals surface area (Å²) in [5.41, 5.74) is 0.393. The molecule has 1 atom stereocenters. The van der Waals surface area contributed by atoms with E-state index in [1.807, 2.05) is 14.0 Å². The van der Waals surface area contributed by atoms with Crippen molar-refractivity contribution in [1.29, 1.82) is 0 Å². The number of carbonyl (C=O) groups is 1. The van der Waals surface area contributed by atoms with Gasteiger partial charge < -0.3 is 10.1 Å². The van der Waals surface area contributed by atoms with Gasteiger partial charge in [0.1, 0.15) is 6.04 Å². The number of hydrogen-bond acceptors (Lipinski definition) is 3. The van der Waals surface area contributed by atoms with Crippen LogP contribution in [-0.2, 0) is 9.53 Å². The van der Waals surface area contributed by atoms with Gasteiger partial charge in [0.25, 0.3) is 0 Å². The molecule has 1 fully saturated rings. The number of ether oxygens (including phenoxy) is 1. The Balaban J connectivity index is 2.52. The molecule has 106 valence electrons. The highest BCUT2D eigenvalue weighted by atomic mass is 16.5. The van der Waals surface area contributed by atoms with Crippen molar-refractivity contribution in [3.63, 3.8) is 0 Å². The molecular weight excluding hydrogens is 226 g/mol. The molecule has 1 N–H and O–H groups in total. The van der Waals surface area contributed by atoms with Gasteiger partial charge in [-0.2, -0.15) is 0 Å². The second kappa shape index (κ2) is 6.55. The van der Waals surface area contributed by atoms with E-state index in [0.717, 1.165) is 18.8 Å². The summed E-state index contributed by atoms with van der Waals surface area (Å²) in [6, 6.07) is -0.120. The van der Waals surface area contributed by atoms with Gasteiger partial charge in [0.15, 0.2) is 0 Å². The van der Waals surface area contributed by atoms with Crippen molar-refractivity contribution in [2.45, 2.75) is 59.4 Å². The third-order valence-corrected chi connectivity index (χ3v) is 4.32. The molecule has 1 saturated carbocycles. The van der Waals surface area contributed by atoms with Crippen molar-refractivity contribution in [2.75, 3.05) is 13.7 Å². The lowest BCUT2D eigenvalue weighted by Gasteiger charge is -2.38. The maximum Gasteiger partial charge on any atom is 0.323 e. The highest BCUT2D eigenvalue weighted by molar-refractivity contribution is 5.76. The van der Waals surface area contributed by atoms with Crippen molar-refractivity contribution < 1.29 is 9.53 Å². The minimum atomic E-state index is -0.120. The van der Waals surface area contributed by atoms with E-state index in [2.05, 4.69) is 26.1 Å². The molecule has 0 aliphatic heterocycles. The van der Waals surface area contributed by atoms with Crippen LogP contribution < -0.4 is 5.32 Å². The van der Waals surface area contributed by atoms with Gasteiger partial charge in [-0.15, -0.1) is 0 Å². The van der Waals surface area contributed by atoms with E-state index < -0.39 is 0 Å². The van der Waals surface area contributed by atoms with Crippen molar-refractivity contribution in [3.05, 3.63) is 0 Å². The van der Waals surface area contributed by atoms with Gasteiger partial charge in [-0.05, 0) is 56.9 Å². The Morgan fingerprint density at radius 3 is 2.22 bits per heavy atom. The van der Waals surface area contributed by atoms with E-state index in [-0.39, 0.29) is 12.0 Å². The lowest BCUT2D eigenvalue weighted by atomic mass is 9.68. The Morgan fingerprint density at radius 1 is 1.28 bits per heavy atom. The predicted octanol–water partition coefficient (Wildman–Crippen LogP) is 2.99. The molecule has 1 aliphatic rings. The molecule has 1 aliphatic carbocycles. The standard InChI is InChI=1S/C15H29NO2/c1-6-18-14(17)13(16-5)11-7-9-12(10-8-11)15(2,3)4/h11-13,16H,6-10H2,1-5H3. The van der Waals surface area contributed by atoms with E-state index in [1.54, 1.807) is 0 Å². The maximum absolute atomic E-state index is 11.9. The van der Waals surface area contributed by atoms with Crippen LogP contribution in [0.3, 0.4) is 0 Å². The van der Waals surface area contributed by atoms with Crippen LogP contribution >= 0.6 is 0 Å². The van der Waals surface area contributed by atoms with E-state index in [4.69, 9.17) is 4.74 Å². The highest BCUT2D eigenvalue weighted by Gasteiger charge is 2.35. The topological polar surface area (TPSA) is 38.3 Å². The monoisotopic (exact) mass is 255 g/mol. The fourth-order valence-corrected chi connectivity index (χ4v) is 3.10. The third-order valence-electron chi connectivity index (χ3n) is 4.32. The summed E-state index contributed by atoms with van der Waals surface area (Å²) >= 11 is 0. The molecule has 3 nitrogen and oxygen atoms in total. The normalized spacial score (nSPS) is 26.7. The molecule has 18 heavy (non-hydrogen) atoms. The van der Waals surface area contributed by atoms with Gasteiger partial charge in [-0.3, -0.25) is 4.79 Å².